The molecule has 0 aliphatic carbocycles. The van der Waals surface area contributed by atoms with Crippen molar-refractivity contribution in [2.24, 2.45) is 0 Å². The molecule has 2 atom stereocenters. The Kier molecular flexibility index (Phi) is 7.06. The summed E-state index contributed by atoms with van der Waals surface area (Å²) in [5, 5.41) is 0.928. The lowest BCUT2D eigenvalue weighted by molar-refractivity contribution is -0.298. The van der Waals surface area contributed by atoms with Crippen LogP contribution in [0.1, 0.15) is 52.7 Å². The van der Waals surface area contributed by atoms with Crippen LogP contribution >= 0.6 is 0 Å². The SMILES string of the molecule is O=C(c1cc(C(F)(F)F)cc(C(F)(F)F)c1)N1CCC2CCC3(CN2C1Cc1c[nH]c2ccccc12)OCCCO3. The number of aromatic amines is 1. The fourth-order valence-electron chi connectivity index (χ4n) is 6.37. The maximum absolute atomic E-state index is 13.9. The number of piperidine rings is 1. The number of ether oxygens (including phenoxy) is 2. The number of para-hydroxylation sites is 1. The lowest BCUT2D eigenvalue weighted by Crippen LogP contribution is -2.67. The molecule has 0 saturated carbocycles. The van der Waals surface area contributed by atoms with Gasteiger partial charge in [-0.2, -0.15) is 26.3 Å². The van der Waals surface area contributed by atoms with E-state index in [1.54, 1.807) is 0 Å². The number of halogens is 6. The average molecular weight is 582 g/mol. The van der Waals surface area contributed by atoms with Crippen LogP contribution in [-0.4, -0.2) is 65.0 Å². The predicted molar refractivity (Wildman–Crippen MR) is 137 cm³/mol. The zero-order valence-corrected chi connectivity index (χ0v) is 22.0. The molecule has 3 saturated heterocycles. The lowest BCUT2D eigenvalue weighted by Gasteiger charge is -2.55. The van der Waals surface area contributed by atoms with Crippen LogP contribution in [0, 0.1) is 0 Å². The summed E-state index contributed by atoms with van der Waals surface area (Å²) in [6.07, 6.45) is -5.93. The summed E-state index contributed by atoms with van der Waals surface area (Å²) in [6, 6.07) is 8.72. The maximum Gasteiger partial charge on any atom is 0.416 e. The number of hydrogen-bond donors (Lipinski definition) is 1. The number of aromatic nitrogens is 1. The third-order valence-corrected chi connectivity index (χ3v) is 8.39. The molecular formula is C29H29F6N3O3. The Morgan fingerprint density at radius 1 is 0.976 bits per heavy atom. The number of nitrogens with one attached hydrogen (secondary N) is 1. The van der Waals surface area contributed by atoms with E-state index in [0.717, 1.165) is 29.3 Å². The van der Waals surface area contributed by atoms with Crippen molar-refractivity contribution in [1.29, 1.82) is 0 Å². The van der Waals surface area contributed by atoms with Gasteiger partial charge in [-0.1, -0.05) is 18.2 Å². The molecule has 6 nitrogen and oxygen atoms in total. The van der Waals surface area contributed by atoms with Crippen molar-refractivity contribution in [2.45, 2.75) is 62.5 Å². The molecule has 0 radical (unpaired) electrons. The van der Waals surface area contributed by atoms with Gasteiger partial charge in [0, 0.05) is 48.1 Å². The van der Waals surface area contributed by atoms with Crippen LogP contribution in [0.3, 0.4) is 0 Å². The van der Waals surface area contributed by atoms with E-state index in [1.165, 1.54) is 4.90 Å². The molecule has 2 aromatic carbocycles. The van der Waals surface area contributed by atoms with E-state index >= 15 is 0 Å². The van der Waals surface area contributed by atoms with Gasteiger partial charge < -0.3 is 19.4 Å². The highest BCUT2D eigenvalue weighted by molar-refractivity contribution is 5.95. The number of alkyl halides is 6. The zero-order valence-electron chi connectivity index (χ0n) is 22.0. The minimum Gasteiger partial charge on any atom is -0.361 e. The van der Waals surface area contributed by atoms with E-state index in [1.807, 2.05) is 30.5 Å². The summed E-state index contributed by atoms with van der Waals surface area (Å²) in [6.45, 7) is 1.58. The fourth-order valence-corrected chi connectivity index (χ4v) is 6.37. The second-order valence-corrected chi connectivity index (χ2v) is 11.0. The Labute approximate surface area is 232 Å². The number of amides is 1. The molecule has 41 heavy (non-hydrogen) atoms. The quantitative estimate of drug-likeness (QED) is 0.374. The standard InChI is InChI=1S/C29H29F6N3O3/c30-28(31,32)20-12-18(13-21(15-20)29(33,34)35)26(39)37-9-7-22-6-8-27(40-10-3-11-41-27)17-38(22)25(37)14-19-16-36-24-5-2-1-4-23(19)24/h1-2,4-5,12-13,15-16,22,25,36H,3,6-11,14,17H2. The van der Waals surface area contributed by atoms with Crippen LogP contribution in [0.15, 0.2) is 48.7 Å². The number of hydrogen-bond acceptors (Lipinski definition) is 4. The number of benzene rings is 2. The first-order valence-electron chi connectivity index (χ1n) is 13.6. The van der Waals surface area contributed by atoms with Gasteiger partial charge in [0.15, 0.2) is 5.79 Å². The van der Waals surface area contributed by atoms with Crippen molar-refractivity contribution in [3.63, 3.8) is 0 Å². The van der Waals surface area contributed by atoms with Crippen molar-refractivity contribution in [3.05, 3.63) is 70.9 Å². The lowest BCUT2D eigenvalue weighted by atomic mass is 9.89. The third kappa shape index (κ3) is 5.44. The van der Waals surface area contributed by atoms with Gasteiger partial charge in [0.05, 0.1) is 37.1 Å². The molecule has 2 unspecified atom stereocenters. The molecule has 1 N–H and O–H groups in total. The first kappa shape index (κ1) is 28.0. The van der Waals surface area contributed by atoms with Gasteiger partial charge >= 0.3 is 12.4 Å². The molecule has 6 rings (SSSR count). The number of rotatable bonds is 3. The second kappa shape index (κ2) is 10.3. The molecule has 3 fully saturated rings. The fraction of sp³-hybridized carbons (Fsp3) is 0.483. The molecule has 12 heteroatoms. The Balaban J connectivity index is 1.40. The van der Waals surface area contributed by atoms with Crippen LogP contribution in [0.25, 0.3) is 10.9 Å². The van der Waals surface area contributed by atoms with E-state index in [9.17, 15) is 31.1 Å². The van der Waals surface area contributed by atoms with Crippen molar-refractivity contribution in [3.8, 4) is 0 Å². The molecule has 1 amide bonds. The maximum atomic E-state index is 13.9. The van der Waals surface area contributed by atoms with Crippen molar-refractivity contribution >= 4 is 16.8 Å². The first-order chi connectivity index (χ1) is 19.4. The summed E-state index contributed by atoms with van der Waals surface area (Å²) in [4.78, 5) is 20.6. The van der Waals surface area contributed by atoms with Gasteiger partial charge in [0.25, 0.3) is 5.91 Å². The first-order valence-corrected chi connectivity index (χ1v) is 13.6. The summed E-state index contributed by atoms with van der Waals surface area (Å²) < 4.78 is 93.8. The van der Waals surface area contributed by atoms with Gasteiger partial charge in [-0.25, -0.2) is 0 Å². The number of carbonyl (C=O) groups excluding carboxylic acids is 1. The predicted octanol–water partition coefficient (Wildman–Crippen LogP) is 6.22. The van der Waals surface area contributed by atoms with Crippen LogP contribution in [-0.2, 0) is 28.2 Å². The van der Waals surface area contributed by atoms with E-state index in [-0.39, 0.29) is 18.7 Å². The topological polar surface area (TPSA) is 57.8 Å². The van der Waals surface area contributed by atoms with Crippen molar-refractivity contribution in [1.82, 2.24) is 14.8 Å². The number of carbonyl (C=O) groups is 1. The molecular weight excluding hydrogens is 552 g/mol. The minimum atomic E-state index is -5.05. The van der Waals surface area contributed by atoms with Gasteiger partial charge in [0.2, 0.25) is 0 Å². The number of fused-ring (bicyclic) bond motifs is 2. The van der Waals surface area contributed by atoms with Crippen LogP contribution in [0.4, 0.5) is 26.3 Å². The molecule has 1 spiro atoms. The average Bonchev–Trinajstić information content (AvgIpc) is 3.35. The van der Waals surface area contributed by atoms with E-state index < -0.39 is 46.9 Å². The molecule has 220 valence electrons. The van der Waals surface area contributed by atoms with E-state index in [0.29, 0.717) is 51.2 Å². The highest BCUT2D eigenvalue weighted by Gasteiger charge is 2.49. The Morgan fingerprint density at radius 2 is 1.66 bits per heavy atom. The molecule has 3 aliphatic heterocycles. The molecule has 0 bridgehead atoms. The van der Waals surface area contributed by atoms with E-state index in [4.69, 9.17) is 9.47 Å². The molecule has 1 aromatic heterocycles. The summed E-state index contributed by atoms with van der Waals surface area (Å²) in [5.41, 5.74) is -1.91. The zero-order chi connectivity index (χ0) is 29.0. The van der Waals surface area contributed by atoms with Crippen molar-refractivity contribution in [2.75, 3.05) is 26.3 Å². The Morgan fingerprint density at radius 3 is 2.34 bits per heavy atom. The number of nitrogens with zero attached hydrogens (tertiary/aromatic N) is 2. The molecule has 4 heterocycles. The van der Waals surface area contributed by atoms with Crippen LogP contribution < -0.4 is 0 Å². The monoisotopic (exact) mass is 581 g/mol. The second-order valence-electron chi connectivity index (χ2n) is 11.0. The molecule has 3 aromatic rings. The highest BCUT2D eigenvalue weighted by atomic mass is 19.4. The number of H-pyrrole nitrogens is 1. The van der Waals surface area contributed by atoms with E-state index in [2.05, 4.69) is 9.88 Å². The Hall–Kier alpha value is -3.09. The largest absolute Gasteiger partial charge is 0.416 e. The van der Waals surface area contributed by atoms with Gasteiger partial charge in [-0.05, 0) is 49.1 Å². The van der Waals surface area contributed by atoms with Gasteiger partial charge in [0.1, 0.15) is 0 Å². The van der Waals surface area contributed by atoms with Gasteiger partial charge in [-0.3, -0.25) is 9.69 Å². The van der Waals surface area contributed by atoms with Gasteiger partial charge in [-0.15, -0.1) is 0 Å². The highest BCUT2D eigenvalue weighted by Crippen LogP contribution is 2.40. The summed E-state index contributed by atoms with van der Waals surface area (Å²) in [5.74, 6) is -1.74. The van der Waals surface area contributed by atoms with Crippen LogP contribution in [0.2, 0.25) is 0 Å². The van der Waals surface area contributed by atoms with Crippen molar-refractivity contribution < 1.29 is 40.6 Å². The Bertz CT molecular complexity index is 1400. The summed E-state index contributed by atoms with van der Waals surface area (Å²) >= 11 is 0. The minimum absolute atomic E-state index is 0.0403. The van der Waals surface area contributed by atoms with Crippen LogP contribution in [0.5, 0.6) is 0 Å². The smallest absolute Gasteiger partial charge is 0.361 e. The molecule has 3 aliphatic rings. The third-order valence-electron chi connectivity index (χ3n) is 8.39. The normalized spacial score (nSPS) is 23.6. The summed E-state index contributed by atoms with van der Waals surface area (Å²) in [7, 11) is 0.